The van der Waals surface area contributed by atoms with E-state index in [9.17, 15) is 14.0 Å². The van der Waals surface area contributed by atoms with E-state index < -0.39 is 17.8 Å². The Labute approximate surface area is 117 Å². The summed E-state index contributed by atoms with van der Waals surface area (Å²) < 4.78 is 12.8. The lowest BCUT2D eigenvalue weighted by Crippen LogP contribution is -2.36. The second kappa shape index (κ2) is 6.03. The summed E-state index contributed by atoms with van der Waals surface area (Å²) in [5, 5.41) is 11.9. The quantitative estimate of drug-likeness (QED) is 0.890. The standard InChI is InChI=1S/C15H18FNO3/c1-9(10-5-7-11(16)8-6-10)17-14(18)12-3-2-4-13(12)15(19)20/h5-9,12-13H,2-4H2,1H3,(H,17,18)(H,19,20)/t9-,12+,13-/m0/s1. The molecule has 1 aliphatic rings. The summed E-state index contributed by atoms with van der Waals surface area (Å²) in [5.74, 6) is -2.51. The van der Waals surface area contributed by atoms with Gasteiger partial charge in [-0.25, -0.2) is 4.39 Å². The van der Waals surface area contributed by atoms with Gasteiger partial charge in [-0.1, -0.05) is 18.6 Å². The summed E-state index contributed by atoms with van der Waals surface area (Å²) in [6.45, 7) is 1.80. The monoisotopic (exact) mass is 279 g/mol. The Kier molecular flexibility index (Phi) is 4.37. The molecule has 0 saturated heterocycles. The molecule has 4 nitrogen and oxygen atoms in total. The maximum Gasteiger partial charge on any atom is 0.307 e. The molecule has 20 heavy (non-hydrogen) atoms. The first-order chi connectivity index (χ1) is 9.49. The number of carboxylic acid groups (broad SMARTS) is 1. The van der Waals surface area contributed by atoms with Crippen LogP contribution in [0.1, 0.15) is 37.8 Å². The Balaban J connectivity index is 2.00. The zero-order chi connectivity index (χ0) is 14.7. The first-order valence-corrected chi connectivity index (χ1v) is 6.77. The van der Waals surface area contributed by atoms with Crippen LogP contribution in [0.15, 0.2) is 24.3 Å². The minimum atomic E-state index is -0.905. The Hall–Kier alpha value is -1.91. The predicted molar refractivity (Wildman–Crippen MR) is 71.4 cm³/mol. The topological polar surface area (TPSA) is 66.4 Å². The van der Waals surface area contributed by atoms with Crippen molar-refractivity contribution in [3.8, 4) is 0 Å². The number of carbonyl (C=O) groups excluding carboxylic acids is 1. The highest BCUT2D eigenvalue weighted by Crippen LogP contribution is 2.32. The number of hydrogen-bond donors (Lipinski definition) is 2. The highest BCUT2D eigenvalue weighted by molar-refractivity contribution is 5.85. The number of halogens is 1. The van der Waals surface area contributed by atoms with E-state index >= 15 is 0 Å². The van der Waals surface area contributed by atoms with E-state index in [1.165, 1.54) is 12.1 Å². The Bertz CT molecular complexity index is 500. The molecule has 0 aliphatic heterocycles. The molecular formula is C15H18FNO3. The lowest BCUT2D eigenvalue weighted by atomic mass is 9.94. The number of nitrogens with one attached hydrogen (secondary N) is 1. The lowest BCUT2D eigenvalue weighted by molar-refractivity contribution is -0.146. The van der Waals surface area contributed by atoms with Gasteiger partial charge < -0.3 is 10.4 Å². The first-order valence-electron chi connectivity index (χ1n) is 6.77. The molecule has 0 unspecified atom stereocenters. The van der Waals surface area contributed by atoms with E-state index in [2.05, 4.69) is 5.32 Å². The van der Waals surface area contributed by atoms with Crippen molar-refractivity contribution < 1.29 is 19.1 Å². The molecule has 5 heteroatoms. The number of benzene rings is 1. The Morgan fingerprint density at radius 2 is 1.85 bits per heavy atom. The van der Waals surface area contributed by atoms with Gasteiger partial charge in [0.1, 0.15) is 5.82 Å². The van der Waals surface area contributed by atoms with Gasteiger partial charge in [-0.15, -0.1) is 0 Å². The molecule has 1 aromatic carbocycles. The molecule has 0 spiro atoms. The summed E-state index contributed by atoms with van der Waals surface area (Å²) in [4.78, 5) is 23.3. The number of carboxylic acids is 1. The van der Waals surface area contributed by atoms with Gasteiger partial charge in [-0.3, -0.25) is 9.59 Å². The molecule has 108 valence electrons. The Morgan fingerprint density at radius 1 is 1.25 bits per heavy atom. The van der Waals surface area contributed by atoms with E-state index in [4.69, 9.17) is 5.11 Å². The van der Waals surface area contributed by atoms with Crippen LogP contribution in [0.4, 0.5) is 4.39 Å². The van der Waals surface area contributed by atoms with Crippen molar-refractivity contribution in [1.29, 1.82) is 0 Å². The van der Waals surface area contributed by atoms with Crippen molar-refractivity contribution in [3.05, 3.63) is 35.6 Å². The molecule has 1 fully saturated rings. The van der Waals surface area contributed by atoms with Crippen LogP contribution in [0, 0.1) is 17.7 Å². The second-order valence-electron chi connectivity index (χ2n) is 5.26. The number of hydrogen-bond acceptors (Lipinski definition) is 2. The van der Waals surface area contributed by atoms with Crippen LogP contribution in [0.3, 0.4) is 0 Å². The van der Waals surface area contributed by atoms with Gasteiger partial charge in [-0.2, -0.15) is 0 Å². The van der Waals surface area contributed by atoms with Crippen LogP contribution in [0.5, 0.6) is 0 Å². The van der Waals surface area contributed by atoms with Gasteiger partial charge >= 0.3 is 5.97 Å². The zero-order valence-electron chi connectivity index (χ0n) is 11.3. The lowest BCUT2D eigenvalue weighted by Gasteiger charge is -2.20. The van der Waals surface area contributed by atoms with Crippen LogP contribution in [0.2, 0.25) is 0 Å². The van der Waals surface area contributed by atoms with Gasteiger partial charge in [0.05, 0.1) is 17.9 Å². The van der Waals surface area contributed by atoms with Crippen LogP contribution in [0.25, 0.3) is 0 Å². The van der Waals surface area contributed by atoms with Crippen LogP contribution < -0.4 is 5.32 Å². The summed E-state index contributed by atoms with van der Waals surface area (Å²) >= 11 is 0. The van der Waals surface area contributed by atoms with Gasteiger partial charge in [0, 0.05) is 0 Å². The predicted octanol–water partition coefficient (Wildman–Crippen LogP) is 2.50. The van der Waals surface area contributed by atoms with Crippen LogP contribution >= 0.6 is 0 Å². The third kappa shape index (κ3) is 3.15. The molecule has 2 N–H and O–H groups in total. The highest BCUT2D eigenvalue weighted by Gasteiger charge is 2.38. The molecular weight excluding hydrogens is 261 g/mol. The van der Waals surface area contributed by atoms with Gasteiger partial charge in [-0.05, 0) is 37.5 Å². The molecule has 3 atom stereocenters. The summed E-state index contributed by atoms with van der Waals surface area (Å²) in [5.41, 5.74) is 0.796. The number of amides is 1. The molecule has 1 saturated carbocycles. The Morgan fingerprint density at radius 3 is 2.45 bits per heavy atom. The van der Waals surface area contributed by atoms with Gasteiger partial charge in [0.25, 0.3) is 0 Å². The second-order valence-corrected chi connectivity index (χ2v) is 5.26. The van der Waals surface area contributed by atoms with Crippen molar-refractivity contribution in [2.24, 2.45) is 11.8 Å². The molecule has 1 amide bonds. The van der Waals surface area contributed by atoms with Crippen LogP contribution in [-0.2, 0) is 9.59 Å². The molecule has 0 heterocycles. The van der Waals surface area contributed by atoms with Crippen molar-refractivity contribution in [2.45, 2.75) is 32.2 Å². The van der Waals surface area contributed by atoms with Crippen molar-refractivity contribution >= 4 is 11.9 Å². The molecule has 0 bridgehead atoms. The molecule has 0 aromatic heterocycles. The van der Waals surface area contributed by atoms with E-state index in [0.29, 0.717) is 12.8 Å². The fourth-order valence-electron chi connectivity index (χ4n) is 2.72. The smallest absolute Gasteiger partial charge is 0.307 e. The molecule has 0 radical (unpaired) electrons. The summed E-state index contributed by atoms with van der Waals surface area (Å²) in [6.07, 6.45) is 1.93. The maximum atomic E-state index is 12.8. The fourth-order valence-corrected chi connectivity index (χ4v) is 2.72. The first kappa shape index (κ1) is 14.5. The molecule has 1 aromatic rings. The molecule has 1 aliphatic carbocycles. The minimum Gasteiger partial charge on any atom is -0.481 e. The van der Waals surface area contributed by atoms with E-state index in [-0.39, 0.29) is 17.8 Å². The fraction of sp³-hybridized carbons (Fsp3) is 0.467. The van der Waals surface area contributed by atoms with Gasteiger partial charge in [0.15, 0.2) is 0 Å². The summed E-state index contributed by atoms with van der Waals surface area (Å²) in [6, 6.07) is 5.65. The largest absolute Gasteiger partial charge is 0.481 e. The van der Waals surface area contributed by atoms with Crippen molar-refractivity contribution in [3.63, 3.8) is 0 Å². The van der Waals surface area contributed by atoms with Crippen molar-refractivity contribution in [2.75, 3.05) is 0 Å². The minimum absolute atomic E-state index is 0.230. The molecule has 2 rings (SSSR count). The van der Waals surface area contributed by atoms with Crippen molar-refractivity contribution in [1.82, 2.24) is 5.32 Å². The number of rotatable bonds is 4. The van der Waals surface area contributed by atoms with E-state index in [0.717, 1.165) is 12.0 Å². The summed E-state index contributed by atoms with van der Waals surface area (Å²) in [7, 11) is 0. The SMILES string of the molecule is C[C@H](NC(=O)[C@@H]1CCC[C@@H]1C(=O)O)c1ccc(F)cc1. The third-order valence-electron chi connectivity index (χ3n) is 3.90. The van der Waals surface area contributed by atoms with Crippen LogP contribution in [-0.4, -0.2) is 17.0 Å². The average molecular weight is 279 g/mol. The number of carbonyl (C=O) groups is 2. The normalized spacial score (nSPS) is 23.3. The zero-order valence-corrected chi connectivity index (χ0v) is 11.3. The number of aliphatic carboxylic acids is 1. The van der Waals surface area contributed by atoms with Gasteiger partial charge in [0.2, 0.25) is 5.91 Å². The highest BCUT2D eigenvalue weighted by atomic mass is 19.1. The maximum absolute atomic E-state index is 12.8. The van der Waals surface area contributed by atoms with E-state index in [1.807, 2.05) is 0 Å². The third-order valence-corrected chi connectivity index (χ3v) is 3.90. The average Bonchev–Trinajstić information content (AvgIpc) is 2.88. The van der Waals surface area contributed by atoms with E-state index in [1.54, 1.807) is 19.1 Å².